The second-order valence-corrected chi connectivity index (χ2v) is 7.43. The SMILES string of the molecule is CC(=O)NC(C(=O)N1CC(OC(=O)CCCN)CC1C=O)C(C)(C)C. The number of amides is 2. The Morgan fingerprint density at radius 3 is 2.48 bits per heavy atom. The van der Waals surface area contributed by atoms with Crippen molar-refractivity contribution in [2.24, 2.45) is 11.1 Å². The Balaban J connectivity index is 2.83. The summed E-state index contributed by atoms with van der Waals surface area (Å²) in [4.78, 5) is 48.9. The van der Waals surface area contributed by atoms with E-state index in [0.717, 1.165) is 0 Å². The van der Waals surface area contributed by atoms with Crippen molar-refractivity contribution in [3.8, 4) is 0 Å². The summed E-state index contributed by atoms with van der Waals surface area (Å²) in [5.41, 5.74) is 4.84. The molecule has 0 saturated carbocycles. The van der Waals surface area contributed by atoms with Gasteiger partial charge in [-0.2, -0.15) is 0 Å². The fourth-order valence-electron chi connectivity index (χ4n) is 2.80. The van der Waals surface area contributed by atoms with Crippen LogP contribution in [0.5, 0.6) is 0 Å². The first kappa shape index (κ1) is 21.1. The number of nitrogens with two attached hydrogens (primary N) is 1. The highest BCUT2D eigenvalue weighted by Gasteiger charge is 2.43. The summed E-state index contributed by atoms with van der Waals surface area (Å²) < 4.78 is 5.34. The molecule has 1 aliphatic heterocycles. The van der Waals surface area contributed by atoms with Gasteiger partial charge in [-0.25, -0.2) is 0 Å². The molecule has 0 spiro atoms. The molecule has 0 aromatic rings. The number of aldehydes is 1. The Kier molecular flexibility index (Phi) is 7.54. The van der Waals surface area contributed by atoms with Crippen LogP contribution in [0.4, 0.5) is 0 Å². The number of likely N-dealkylation sites (tertiary alicyclic amines) is 1. The Morgan fingerprint density at radius 1 is 1.36 bits per heavy atom. The van der Waals surface area contributed by atoms with Gasteiger partial charge in [-0.3, -0.25) is 14.4 Å². The van der Waals surface area contributed by atoms with Crippen LogP contribution >= 0.6 is 0 Å². The zero-order chi connectivity index (χ0) is 19.2. The van der Waals surface area contributed by atoms with Crippen LogP contribution in [0.2, 0.25) is 0 Å². The molecule has 1 rings (SSSR count). The van der Waals surface area contributed by atoms with Gasteiger partial charge in [0.2, 0.25) is 11.8 Å². The topological polar surface area (TPSA) is 119 Å². The largest absolute Gasteiger partial charge is 0.460 e. The van der Waals surface area contributed by atoms with Crippen molar-refractivity contribution in [3.05, 3.63) is 0 Å². The van der Waals surface area contributed by atoms with Crippen molar-refractivity contribution in [1.82, 2.24) is 10.2 Å². The van der Waals surface area contributed by atoms with Crippen molar-refractivity contribution >= 4 is 24.1 Å². The van der Waals surface area contributed by atoms with Crippen molar-refractivity contribution in [2.75, 3.05) is 13.1 Å². The van der Waals surface area contributed by atoms with Crippen molar-refractivity contribution in [1.29, 1.82) is 0 Å². The van der Waals surface area contributed by atoms with Crippen LogP contribution in [0.1, 0.15) is 47.0 Å². The van der Waals surface area contributed by atoms with E-state index >= 15 is 0 Å². The van der Waals surface area contributed by atoms with E-state index < -0.39 is 23.6 Å². The van der Waals surface area contributed by atoms with E-state index in [9.17, 15) is 19.2 Å². The molecular weight excluding hydrogens is 326 g/mol. The molecule has 0 bridgehead atoms. The number of nitrogens with zero attached hydrogens (tertiary/aromatic N) is 1. The molecular formula is C17H29N3O5. The highest BCUT2D eigenvalue weighted by molar-refractivity contribution is 5.89. The Hall–Kier alpha value is -1.96. The molecule has 0 radical (unpaired) electrons. The number of rotatable bonds is 7. The Morgan fingerprint density at radius 2 is 2.00 bits per heavy atom. The molecule has 25 heavy (non-hydrogen) atoms. The number of ether oxygens (including phenoxy) is 1. The van der Waals surface area contributed by atoms with Crippen molar-refractivity contribution in [3.63, 3.8) is 0 Å². The monoisotopic (exact) mass is 355 g/mol. The first-order valence-electron chi connectivity index (χ1n) is 8.52. The third-order valence-corrected chi connectivity index (χ3v) is 4.09. The van der Waals surface area contributed by atoms with Crippen molar-refractivity contribution in [2.45, 2.75) is 65.1 Å². The smallest absolute Gasteiger partial charge is 0.306 e. The maximum Gasteiger partial charge on any atom is 0.306 e. The van der Waals surface area contributed by atoms with Crippen molar-refractivity contribution < 1.29 is 23.9 Å². The van der Waals surface area contributed by atoms with E-state index in [1.54, 1.807) is 0 Å². The van der Waals surface area contributed by atoms with E-state index in [4.69, 9.17) is 10.5 Å². The van der Waals surface area contributed by atoms with E-state index in [1.165, 1.54) is 11.8 Å². The number of nitrogens with one attached hydrogen (secondary N) is 1. The van der Waals surface area contributed by atoms with Crippen LogP contribution in [0.15, 0.2) is 0 Å². The van der Waals surface area contributed by atoms with Gasteiger partial charge in [0.1, 0.15) is 18.4 Å². The lowest BCUT2D eigenvalue weighted by Crippen LogP contribution is -2.55. The molecule has 142 valence electrons. The highest BCUT2D eigenvalue weighted by Crippen LogP contribution is 2.26. The zero-order valence-corrected chi connectivity index (χ0v) is 15.4. The molecule has 8 nitrogen and oxygen atoms in total. The molecule has 0 aromatic heterocycles. The lowest BCUT2D eigenvalue weighted by Gasteiger charge is -2.34. The molecule has 1 aliphatic rings. The van der Waals surface area contributed by atoms with Crippen LogP contribution in [0.3, 0.4) is 0 Å². The minimum atomic E-state index is -0.765. The van der Waals surface area contributed by atoms with Crippen LogP contribution in [-0.4, -0.2) is 60.2 Å². The first-order chi connectivity index (χ1) is 11.6. The van der Waals surface area contributed by atoms with Gasteiger partial charge in [-0.05, 0) is 18.4 Å². The average Bonchev–Trinajstić information content (AvgIpc) is 2.91. The molecule has 1 heterocycles. The molecule has 0 aromatic carbocycles. The maximum atomic E-state index is 12.9. The van der Waals surface area contributed by atoms with Crippen LogP contribution in [0.25, 0.3) is 0 Å². The van der Waals surface area contributed by atoms with Gasteiger partial charge in [-0.15, -0.1) is 0 Å². The molecule has 8 heteroatoms. The minimum Gasteiger partial charge on any atom is -0.460 e. The number of hydrogen-bond donors (Lipinski definition) is 2. The van der Waals surface area contributed by atoms with Gasteiger partial charge >= 0.3 is 5.97 Å². The predicted octanol–water partition coefficient (Wildman–Crippen LogP) is -0.0123. The summed E-state index contributed by atoms with van der Waals surface area (Å²) in [6.45, 7) is 7.38. The van der Waals surface area contributed by atoms with Crippen LogP contribution < -0.4 is 11.1 Å². The van der Waals surface area contributed by atoms with E-state index in [2.05, 4.69) is 5.32 Å². The Labute approximate surface area is 148 Å². The van der Waals surface area contributed by atoms with E-state index in [0.29, 0.717) is 19.3 Å². The zero-order valence-electron chi connectivity index (χ0n) is 15.4. The molecule has 3 N–H and O–H groups in total. The normalized spacial score (nSPS) is 21.6. The summed E-state index contributed by atoms with van der Waals surface area (Å²) in [6, 6.07) is -1.43. The fraction of sp³-hybridized carbons (Fsp3) is 0.765. The summed E-state index contributed by atoms with van der Waals surface area (Å²) in [6.07, 6.45) is 1.16. The van der Waals surface area contributed by atoms with Gasteiger partial charge in [0.05, 0.1) is 12.6 Å². The minimum absolute atomic E-state index is 0.142. The van der Waals surface area contributed by atoms with Gasteiger partial charge in [0, 0.05) is 19.8 Å². The number of carbonyl (C=O) groups excluding carboxylic acids is 4. The van der Waals surface area contributed by atoms with E-state index in [1.807, 2.05) is 20.8 Å². The molecule has 3 unspecified atom stereocenters. The summed E-state index contributed by atoms with van der Waals surface area (Å²) in [5.74, 6) is -1.05. The van der Waals surface area contributed by atoms with Gasteiger partial charge < -0.3 is 25.5 Å². The van der Waals surface area contributed by atoms with Crippen LogP contribution in [0, 0.1) is 5.41 Å². The third-order valence-electron chi connectivity index (χ3n) is 4.09. The molecule has 0 aliphatic carbocycles. The number of esters is 1. The quantitative estimate of drug-likeness (QED) is 0.490. The van der Waals surface area contributed by atoms with Gasteiger partial charge in [0.15, 0.2) is 0 Å². The second kappa shape index (κ2) is 8.94. The highest BCUT2D eigenvalue weighted by atomic mass is 16.5. The number of hydrogen-bond acceptors (Lipinski definition) is 6. The lowest BCUT2D eigenvalue weighted by molar-refractivity contribution is -0.149. The average molecular weight is 355 g/mol. The summed E-state index contributed by atoms with van der Waals surface area (Å²) in [7, 11) is 0. The molecule has 1 fully saturated rings. The molecule has 3 atom stereocenters. The fourth-order valence-corrected chi connectivity index (χ4v) is 2.80. The van der Waals surface area contributed by atoms with Gasteiger partial charge in [-0.1, -0.05) is 20.8 Å². The number of carbonyl (C=O) groups is 4. The summed E-state index contributed by atoms with van der Waals surface area (Å²) in [5, 5.41) is 2.66. The third kappa shape index (κ3) is 6.12. The van der Waals surface area contributed by atoms with Crippen LogP contribution in [-0.2, 0) is 23.9 Å². The van der Waals surface area contributed by atoms with Gasteiger partial charge in [0.25, 0.3) is 0 Å². The summed E-state index contributed by atoms with van der Waals surface area (Å²) >= 11 is 0. The first-order valence-corrected chi connectivity index (χ1v) is 8.52. The Bertz CT molecular complexity index is 515. The predicted molar refractivity (Wildman–Crippen MR) is 91.4 cm³/mol. The van der Waals surface area contributed by atoms with E-state index in [-0.39, 0.29) is 37.2 Å². The maximum absolute atomic E-state index is 12.9. The standard InChI is InChI=1S/C17H29N3O5/c1-11(22)19-15(17(2,3)4)16(24)20-9-13(8-12(20)10-21)25-14(23)6-5-7-18/h10,12-13,15H,5-9,18H2,1-4H3,(H,19,22). The molecule has 2 amide bonds. The lowest BCUT2D eigenvalue weighted by atomic mass is 9.85. The second-order valence-electron chi connectivity index (χ2n) is 7.43. The molecule has 1 saturated heterocycles.